The Morgan fingerprint density at radius 2 is 2.47 bits per heavy atom. The first-order chi connectivity index (χ1) is 8.26. The van der Waals surface area contributed by atoms with Gasteiger partial charge in [0.15, 0.2) is 0 Å². The smallest absolute Gasteiger partial charge is 0.309 e. The van der Waals surface area contributed by atoms with Crippen molar-refractivity contribution in [3.63, 3.8) is 0 Å². The minimum atomic E-state index is -0.892. The van der Waals surface area contributed by atoms with E-state index in [4.69, 9.17) is 9.47 Å². The number of ether oxygens (including phenoxy) is 2. The van der Waals surface area contributed by atoms with Gasteiger partial charge in [-0.25, -0.2) is 0 Å². The van der Waals surface area contributed by atoms with Gasteiger partial charge in [-0.15, -0.1) is 0 Å². The van der Waals surface area contributed by atoms with Crippen LogP contribution in [-0.4, -0.2) is 18.1 Å². The van der Waals surface area contributed by atoms with Gasteiger partial charge in [-0.05, 0) is 31.4 Å². The zero-order valence-electron chi connectivity index (χ0n) is 9.81. The van der Waals surface area contributed by atoms with Crippen molar-refractivity contribution in [3.8, 4) is 0 Å². The Hall–Kier alpha value is -1.42. The topological polar surface area (TPSA) is 48.4 Å². The molecule has 0 radical (unpaired) electrons. The first-order valence-corrected chi connectivity index (χ1v) is 5.97. The lowest BCUT2D eigenvalue weighted by atomic mass is 9.90. The molecule has 1 saturated heterocycles. The van der Waals surface area contributed by atoms with Crippen molar-refractivity contribution in [1.29, 1.82) is 0 Å². The second-order valence-corrected chi connectivity index (χ2v) is 4.64. The van der Waals surface area contributed by atoms with Crippen LogP contribution in [0, 0.1) is 5.92 Å². The van der Waals surface area contributed by atoms with E-state index in [1.54, 1.807) is 13.3 Å². The number of methoxy groups -OCH3 is 1. The molecule has 3 rings (SSSR count). The Morgan fingerprint density at radius 3 is 3.29 bits per heavy atom. The minimum absolute atomic E-state index is 0.116. The summed E-state index contributed by atoms with van der Waals surface area (Å²) in [4.78, 5) is 16.0. The number of fused-ring (bicyclic) bond motifs is 3. The molecule has 2 heterocycles. The highest BCUT2D eigenvalue weighted by Gasteiger charge is 2.53. The second-order valence-electron chi connectivity index (χ2n) is 4.64. The van der Waals surface area contributed by atoms with E-state index in [9.17, 15) is 4.79 Å². The van der Waals surface area contributed by atoms with Gasteiger partial charge in [-0.3, -0.25) is 9.78 Å². The molecule has 90 valence electrons. The van der Waals surface area contributed by atoms with Crippen LogP contribution in [0.5, 0.6) is 0 Å². The summed E-state index contributed by atoms with van der Waals surface area (Å²) in [5, 5.41) is 0. The lowest BCUT2D eigenvalue weighted by Crippen LogP contribution is -2.35. The minimum Gasteiger partial charge on any atom is -0.428 e. The molecule has 0 amide bonds. The fraction of sp³-hybridized carbons (Fsp3) is 0.538. The van der Waals surface area contributed by atoms with Gasteiger partial charge in [0.25, 0.3) is 0 Å². The Morgan fingerprint density at radius 1 is 1.59 bits per heavy atom. The predicted octanol–water partition coefficient (Wildman–Crippen LogP) is 1.78. The molecule has 1 aliphatic carbocycles. The van der Waals surface area contributed by atoms with Crippen LogP contribution >= 0.6 is 0 Å². The largest absolute Gasteiger partial charge is 0.428 e. The molecule has 0 N–H and O–H groups in total. The van der Waals surface area contributed by atoms with Crippen molar-refractivity contribution < 1.29 is 14.3 Å². The zero-order valence-corrected chi connectivity index (χ0v) is 9.81. The molecule has 17 heavy (non-hydrogen) atoms. The van der Waals surface area contributed by atoms with Gasteiger partial charge in [-0.1, -0.05) is 0 Å². The van der Waals surface area contributed by atoms with Crippen molar-refractivity contribution in [2.75, 3.05) is 7.11 Å². The summed E-state index contributed by atoms with van der Waals surface area (Å²) in [6, 6.07) is 3.83. The molecule has 1 aromatic rings. The maximum absolute atomic E-state index is 11.6. The highest BCUT2D eigenvalue weighted by molar-refractivity contribution is 5.73. The summed E-state index contributed by atoms with van der Waals surface area (Å²) in [6.07, 6.45) is 5.11. The Kier molecular flexibility index (Phi) is 2.40. The summed E-state index contributed by atoms with van der Waals surface area (Å²) in [5.41, 5.74) is 1.92. The molecule has 2 atom stereocenters. The highest BCUT2D eigenvalue weighted by atomic mass is 16.7. The van der Waals surface area contributed by atoms with Crippen LogP contribution in [0.15, 0.2) is 18.3 Å². The number of nitrogens with zero attached hydrogens (tertiary/aromatic N) is 1. The molecule has 1 aromatic heterocycles. The average molecular weight is 233 g/mol. The molecule has 0 bridgehead atoms. The number of carbonyl (C=O) groups is 1. The zero-order chi connectivity index (χ0) is 11.9. The Bertz CT molecular complexity index is 460. The first kappa shape index (κ1) is 10.7. The summed E-state index contributed by atoms with van der Waals surface area (Å²) in [7, 11) is 1.60. The summed E-state index contributed by atoms with van der Waals surface area (Å²) in [5.74, 6) is -0.948. The molecule has 4 nitrogen and oxygen atoms in total. The maximum atomic E-state index is 11.6. The van der Waals surface area contributed by atoms with Crippen LogP contribution in [-0.2, 0) is 26.5 Å². The number of esters is 1. The summed E-state index contributed by atoms with van der Waals surface area (Å²) < 4.78 is 11.1. The summed E-state index contributed by atoms with van der Waals surface area (Å²) in [6.45, 7) is 0. The van der Waals surface area contributed by atoms with Crippen LogP contribution in [0.4, 0.5) is 0 Å². The van der Waals surface area contributed by atoms with Gasteiger partial charge in [0.05, 0.1) is 12.1 Å². The standard InChI is InChI=1S/C13H15NO3/c1-16-13-9(8-12(15)17-13)4-2-6-11-10(13)5-3-7-14-11/h3,5,7,9H,2,4,6,8H2,1H3/t9-,13-/m0/s1. The molecule has 1 fully saturated rings. The van der Waals surface area contributed by atoms with Crippen LogP contribution < -0.4 is 0 Å². The van der Waals surface area contributed by atoms with Crippen molar-refractivity contribution in [2.24, 2.45) is 5.92 Å². The van der Waals surface area contributed by atoms with Crippen LogP contribution in [0.3, 0.4) is 0 Å². The fourth-order valence-corrected chi connectivity index (χ4v) is 2.99. The van der Waals surface area contributed by atoms with E-state index in [1.807, 2.05) is 12.1 Å². The van der Waals surface area contributed by atoms with Crippen molar-refractivity contribution in [1.82, 2.24) is 4.98 Å². The van der Waals surface area contributed by atoms with E-state index < -0.39 is 5.79 Å². The lowest BCUT2D eigenvalue weighted by Gasteiger charge is -2.31. The predicted molar refractivity (Wildman–Crippen MR) is 60.1 cm³/mol. The fourth-order valence-electron chi connectivity index (χ4n) is 2.99. The highest BCUT2D eigenvalue weighted by Crippen LogP contribution is 2.47. The van der Waals surface area contributed by atoms with Gasteiger partial charge in [0, 0.05) is 24.8 Å². The number of hydrogen-bond acceptors (Lipinski definition) is 4. The lowest BCUT2D eigenvalue weighted by molar-refractivity contribution is -0.224. The SMILES string of the molecule is CO[C@]12OC(=O)C[C@@H]1CCCc1ncccc12. The van der Waals surface area contributed by atoms with E-state index >= 15 is 0 Å². The van der Waals surface area contributed by atoms with Gasteiger partial charge < -0.3 is 9.47 Å². The van der Waals surface area contributed by atoms with Crippen LogP contribution in [0.1, 0.15) is 30.5 Å². The molecule has 0 aromatic carbocycles. The monoisotopic (exact) mass is 233 g/mol. The van der Waals surface area contributed by atoms with Crippen molar-refractivity contribution in [2.45, 2.75) is 31.5 Å². The van der Waals surface area contributed by atoms with Gasteiger partial charge >= 0.3 is 5.97 Å². The van der Waals surface area contributed by atoms with E-state index in [0.29, 0.717) is 6.42 Å². The van der Waals surface area contributed by atoms with Gasteiger partial charge in [-0.2, -0.15) is 0 Å². The van der Waals surface area contributed by atoms with Crippen LogP contribution in [0.2, 0.25) is 0 Å². The van der Waals surface area contributed by atoms with Gasteiger partial charge in [0.1, 0.15) is 0 Å². The molecule has 0 spiro atoms. The van der Waals surface area contributed by atoms with Gasteiger partial charge in [0.2, 0.25) is 5.79 Å². The van der Waals surface area contributed by atoms with Crippen molar-refractivity contribution in [3.05, 3.63) is 29.6 Å². The third-order valence-electron chi connectivity index (χ3n) is 3.75. The molecule has 0 saturated carbocycles. The van der Waals surface area contributed by atoms with E-state index in [1.165, 1.54) is 0 Å². The number of aryl methyl sites for hydroxylation is 1. The maximum Gasteiger partial charge on any atom is 0.309 e. The first-order valence-electron chi connectivity index (χ1n) is 5.97. The number of rotatable bonds is 1. The van der Waals surface area contributed by atoms with E-state index in [2.05, 4.69) is 4.98 Å². The second kappa shape index (κ2) is 3.81. The molecular formula is C13H15NO3. The third-order valence-corrected chi connectivity index (χ3v) is 3.75. The number of carbonyl (C=O) groups excluding carboxylic acids is 1. The molecule has 4 heteroatoms. The Labute approximate surface area is 99.9 Å². The van der Waals surface area contributed by atoms with Crippen LogP contribution in [0.25, 0.3) is 0 Å². The molecule has 1 aliphatic heterocycles. The van der Waals surface area contributed by atoms with E-state index in [-0.39, 0.29) is 11.9 Å². The van der Waals surface area contributed by atoms with Crippen molar-refractivity contribution >= 4 is 5.97 Å². The molecule has 2 aliphatic rings. The molecule has 0 unspecified atom stereocenters. The summed E-state index contributed by atoms with van der Waals surface area (Å²) >= 11 is 0. The number of aromatic nitrogens is 1. The quantitative estimate of drug-likeness (QED) is 0.694. The normalized spacial score (nSPS) is 31.4. The average Bonchev–Trinajstić information content (AvgIpc) is 2.59. The van der Waals surface area contributed by atoms with E-state index in [0.717, 1.165) is 30.5 Å². The number of pyridine rings is 1. The Balaban J connectivity index is 2.16. The molecular weight excluding hydrogens is 218 g/mol. The number of hydrogen-bond donors (Lipinski definition) is 0. The third kappa shape index (κ3) is 1.47.